The van der Waals surface area contributed by atoms with Crippen LogP contribution in [-0.4, -0.2) is 73.5 Å². The number of hydrogen-bond acceptors (Lipinski definition) is 6. The summed E-state index contributed by atoms with van der Waals surface area (Å²) in [6.45, 7) is 0.775. The summed E-state index contributed by atoms with van der Waals surface area (Å²) in [4.78, 5) is 28.6. The highest BCUT2D eigenvalue weighted by Crippen LogP contribution is 2.31. The maximum absolute atomic E-state index is 12.9. The highest BCUT2D eigenvalue weighted by molar-refractivity contribution is 7.91. The van der Waals surface area contributed by atoms with Crippen molar-refractivity contribution in [1.82, 2.24) is 14.5 Å². The van der Waals surface area contributed by atoms with Crippen LogP contribution in [0.1, 0.15) is 25.7 Å². The van der Waals surface area contributed by atoms with Gasteiger partial charge in [-0.25, -0.2) is 8.42 Å². The minimum absolute atomic E-state index is 0.0948. The van der Waals surface area contributed by atoms with Gasteiger partial charge in [-0.3, -0.25) is 9.59 Å². The Kier molecular flexibility index (Phi) is 6.55. The van der Waals surface area contributed by atoms with Crippen LogP contribution in [0.4, 0.5) is 0 Å². The van der Waals surface area contributed by atoms with E-state index in [0.717, 1.165) is 34.3 Å². The van der Waals surface area contributed by atoms with Crippen LogP contribution in [0, 0.1) is 0 Å². The van der Waals surface area contributed by atoms with Crippen molar-refractivity contribution in [2.45, 2.75) is 42.0 Å². The first-order chi connectivity index (χ1) is 14.8. The topological polar surface area (TPSA) is 107 Å². The molecular formula is C20H24ClN3O5S2. The van der Waals surface area contributed by atoms with Crippen molar-refractivity contribution in [2.75, 3.05) is 26.2 Å². The first-order valence-electron chi connectivity index (χ1n) is 10.2. The highest BCUT2D eigenvalue weighted by Gasteiger charge is 2.36. The predicted molar refractivity (Wildman–Crippen MR) is 119 cm³/mol. The van der Waals surface area contributed by atoms with Crippen LogP contribution in [0.25, 0.3) is 10.1 Å². The van der Waals surface area contributed by atoms with Crippen molar-refractivity contribution in [1.29, 1.82) is 0 Å². The Morgan fingerprint density at radius 2 is 2.00 bits per heavy atom. The third-order valence-electron chi connectivity index (χ3n) is 5.78. The van der Waals surface area contributed by atoms with Gasteiger partial charge in [-0.05, 0) is 55.3 Å². The van der Waals surface area contributed by atoms with Gasteiger partial charge in [0.2, 0.25) is 11.8 Å². The number of halogens is 1. The lowest BCUT2D eigenvalue weighted by Gasteiger charge is -2.33. The molecule has 11 heteroatoms. The van der Waals surface area contributed by atoms with Gasteiger partial charge in [0.05, 0.1) is 19.2 Å². The number of benzene rings is 1. The zero-order valence-electron chi connectivity index (χ0n) is 16.8. The summed E-state index contributed by atoms with van der Waals surface area (Å²) < 4.78 is 29.3. The van der Waals surface area contributed by atoms with E-state index in [1.165, 1.54) is 4.90 Å². The van der Waals surface area contributed by atoms with Crippen LogP contribution in [-0.2, 0) is 19.6 Å². The maximum atomic E-state index is 12.9. The van der Waals surface area contributed by atoms with E-state index < -0.39 is 22.0 Å². The quantitative estimate of drug-likeness (QED) is 0.649. The number of nitrogens with one attached hydrogen (secondary N) is 1. The second-order valence-corrected chi connectivity index (χ2v) is 11.4. The zero-order chi connectivity index (χ0) is 22.2. The molecular weight excluding hydrogens is 462 g/mol. The summed E-state index contributed by atoms with van der Waals surface area (Å²) in [6.07, 6.45) is 2.55. The zero-order valence-corrected chi connectivity index (χ0v) is 19.2. The number of likely N-dealkylation sites (tertiary alicyclic amines) is 2. The summed E-state index contributed by atoms with van der Waals surface area (Å²) >= 11 is 7.10. The molecule has 8 nitrogen and oxygen atoms in total. The van der Waals surface area contributed by atoms with Crippen LogP contribution in [0.2, 0.25) is 5.02 Å². The minimum atomic E-state index is -3.90. The van der Waals surface area contributed by atoms with Gasteiger partial charge in [-0.2, -0.15) is 4.72 Å². The largest absolute Gasteiger partial charge is 0.394 e. The average Bonchev–Trinajstić information content (AvgIpc) is 3.37. The van der Waals surface area contributed by atoms with Gasteiger partial charge in [0.1, 0.15) is 10.3 Å². The molecule has 1 aromatic carbocycles. The van der Waals surface area contributed by atoms with Gasteiger partial charge in [0.15, 0.2) is 0 Å². The Bertz CT molecular complexity index is 1100. The van der Waals surface area contributed by atoms with Crippen molar-refractivity contribution in [2.24, 2.45) is 0 Å². The third-order valence-corrected chi connectivity index (χ3v) is 9.08. The first kappa shape index (κ1) is 22.5. The molecule has 0 bridgehead atoms. The second kappa shape index (κ2) is 9.03. The molecule has 2 N–H and O–H groups in total. The fourth-order valence-corrected chi connectivity index (χ4v) is 6.98. The molecule has 0 unspecified atom stereocenters. The number of nitrogens with zero attached hydrogens (tertiary/aromatic N) is 2. The van der Waals surface area contributed by atoms with E-state index in [4.69, 9.17) is 11.6 Å². The van der Waals surface area contributed by atoms with Crippen LogP contribution < -0.4 is 4.72 Å². The number of aliphatic hydroxyl groups is 1. The molecule has 3 heterocycles. The van der Waals surface area contributed by atoms with E-state index >= 15 is 0 Å². The Morgan fingerprint density at radius 1 is 1.23 bits per heavy atom. The monoisotopic (exact) mass is 485 g/mol. The number of sulfonamides is 1. The van der Waals surface area contributed by atoms with E-state index in [0.29, 0.717) is 31.0 Å². The first-order valence-corrected chi connectivity index (χ1v) is 12.9. The lowest BCUT2D eigenvalue weighted by molar-refractivity contribution is -0.143. The molecule has 0 aliphatic carbocycles. The molecule has 4 rings (SSSR count). The number of carbonyl (C=O) groups is 2. The summed E-state index contributed by atoms with van der Waals surface area (Å²) in [6, 6.07) is 5.59. The van der Waals surface area contributed by atoms with Gasteiger partial charge < -0.3 is 14.9 Å². The molecule has 168 valence electrons. The van der Waals surface area contributed by atoms with Crippen molar-refractivity contribution < 1.29 is 23.1 Å². The molecule has 2 saturated heterocycles. The number of carbonyl (C=O) groups excluding carboxylic acids is 2. The molecule has 0 radical (unpaired) electrons. The van der Waals surface area contributed by atoms with E-state index in [-0.39, 0.29) is 29.3 Å². The predicted octanol–water partition coefficient (Wildman–Crippen LogP) is 1.81. The summed E-state index contributed by atoms with van der Waals surface area (Å²) in [5, 5.41) is 10.7. The Hall–Kier alpha value is -1.72. The van der Waals surface area contributed by atoms with Gasteiger partial charge >= 0.3 is 0 Å². The SMILES string of the molecule is O=C1[C@@H](NS(=O)(=O)c2cc3cc(Cl)ccc3s2)CCCN1CC(=O)N1CCC[C@H]1CO. The van der Waals surface area contributed by atoms with E-state index in [2.05, 4.69) is 4.72 Å². The number of aliphatic hydroxyl groups excluding tert-OH is 1. The average molecular weight is 486 g/mol. The Balaban J connectivity index is 1.45. The lowest BCUT2D eigenvalue weighted by Crippen LogP contribution is -2.55. The molecule has 31 heavy (non-hydrogen) atoms. The maximum Gasteiger partial charge on any atom is 0.250 e. The molecule has 2 amide bonds. The van der Waals surface area contributed by atoms with Crippen molar-refractivity contribution in [3.63, 3.8) is 0 Å². The van der Waals surface area contributed by atoms with Crippen molar-refractivity contribution in [3.05, 3.63) is 29.3 Å². The fourth-order valence-electron chi connectivity index (χ4n) is 4.18. The highest BCUT2D eigenvalue weighted by atomic mass is 35.5. The molecule has 2 aliphatic rings. The number of amides is 2. The van der Waals surface area contributed by atoms with Crippen LogP contribution in [0.15, 0.2) is 28.5 Å². The molecule has 2 atom stereocenters. The summed E-state index contributed by atoms with van der Waals surface area (Å²) in [7, 11) is -3.90. The van der Waals surface area contributed by atoms with Gasteiger partial charge in [0.25, 0.3) is 10.0 Å². The molecule has 2 fully saturated rings. The molecule has 1 aromatic heterocycles. The smallest absolute Gasteiger partial charge is 0.250 e. The normalized spacial score (nSPS) is 22.5. The van der Waals surface area contributed by atoms with E-state index in [1.54, 1.807) is 29.2 Å². The minimum Gasteiger partial charge on any atom is -0.394 e. The fraction of sp³-hybridized carbons (Fsp3) is 0.500. The summed E-state index contributed by atoms with van der Waals surface area (Å²) in [5.74, 6) is -0.609. The summed E-state index contributed by atoms with van der Waals surface area (Å²) in [5.41, 5.74) is 0. The van der Waals surface area contributed by atoms with Gasteiger partial charge in [-0.1, -0.05) is 11.6 Å². The van der Waals surface area contributed by atoms with Gasteiger partial charge in [0, 0.05) is 22.8 Å². The molecule has 0 spiro atoms. The Labute approximate surface area is 189 Å². The lowest BCUT2D eigenvalue weighted by atomic mass is 10.1. The number of piperidine rings is 1. The molecule has 0 saturated carbocycles. The van der Waals surface area contributed by atoms with Crippen LogP contribution in [0.3, 0.4) is 0 Å². The number of hydrogen-bond donors (Lipinski definition) is 2. The van der Waals surface area contributed by atoms with Gasteiger partial charge in [-0.15, -0.1) is 11.3 Å². The van der Waals surface area contributed by atoms with Crippen molar-refractivity contribution >= 4 is 54.9 Å². The van der Waals surface area contributed by atoms with E-state index in [9.17, 15) is 23.1 Å². The standard InChI is InChI=1S/C20H24ClN3O5S2/c21-14-5-6-17-13(9-14)10-19(30-17)31(28,29)22-16-4-2-7-23(20(16)27)11-18(26)24-8-1-3-15(24)12-25/h5-6,9-10,15-16,22,25H,1-4,7-8,11-12H2/t15-,16-/m0/s1. The van der Waals surface area contributed by atoms with Crippen LogP contribution in [0.5, 0.6) is 0 Å². The molecule has 2 aromatic rings. The van der Waals surface area contributed by atoms with E-state index in [1.807, 2.05) is 0 Å². The third kappa shape index (κ3) is 4.73. The number of thiophene rings is 1. The molecule has 2 aliphatic heterocycles. The Morgan fingerprint density at radius 3 is 2.77 bits per heavy atom. The number of fused-ring (bicyclic) bond motifs is 1. The number of rotatable bonds is 6. The van der Waals surface area contributed by atoms with Crippen LogP contribution >= 0.6 is 22.9 Å². The van der Waals surface area contributed by atoms with Crippen molar-refractivity contribution in [3.8, 4) is 0 Å². The second-order valence-electron chi connectivity index (χ2n) is 7.89.